The van der Waals surface area contributed by atoms with E-state index in [0.717, 1.165) is 6.42 Å². The number of carbonyl (C=O) groups excluding carboxylic acids is 1. The first-order valence-electron chi connectivity index (χ1n) is 5.12. The van der Waals surface area contributed by atoms with Crippen LogP contribution in [0.15, 0.2) is 12.7 Å². The fourth-order valence-corrected chi connectivity index (χ4v) is 1.33. The molecule has 0 aromatic carbocycles. The predicted octanol–water partition coefficient (Wildman–Crippen LogP) is 1.88. The fraction of sp³-hybridized carbons (Fsp3) is 0.727. The predicted molar refractivity (Wildman–Crippen MR) is 58.1 cm³/mol. The van der Waals surface area contributed by atoms with Gasteiger partial charge in [-0.15, -0.1) is 6.58 Å². The Morgan fingerprint density at radius 2 is 2.14 bits per heavy atom. The second-order valence-corrected chi connectivity index (χ2v) is 3.50. The number of nitrogens with one attached hydrogen (secondary N) is 1. The number of ether oxygens (including phenoxy) is 1. The maximum atomic E-state index is 11.1. The molecule has 0 aliphatic heterocycles. The number of hydrogen-bond donors (Lipinski definition) is 1. The number of esters is 1. The van der Waals surface area contributed by atoms with E-state index in [-0.39, 0.29) is 12.0 Å². The van der Waals surface area contributed by atoms with Crippen LogP contribution < -0.4 is 5.32 Å². The first-order chi connectivity index (χ1) is 6.60. The normalized spacial score (nSPS) is 14.5. The molecule has 0 aromatic rings. The van der Waals surface area contributed by atoms with Gasteiger partial charge in [-0.3, -0.25) is 4.79 Å². The summed E-state index contributed by atoms with van der Waals surface area (Å²) in [7, 11) is 0. The Labute approximate surface area is 86.5 Å². The molecule has 0 heterocycles. The summed E-state index contributed by atoms with van der Waals surface area (Å²) in [6.07, 6.45) is 3.21. The third-order valence-corrected chi connectivity index (χ3v) is 1.87. The van der Waals surface area contributed by atoms with Crippen molar-refractivity contribution in [3.8, 4) is 0 Å². The molecule has 0 aromatic heterocycles. The van der Waals surface area contributed by atoms with Gasteiger partial charge in [0.1, 0.15) is 0 Å². The molecule has 0 bridgehead atoms. The van der Waals surface area contributed by atoms with Crippen molar-refractivity contribution < 1.29 is 9.53 Å². The Balaban J connectivity index is 3.68. The molecule has 0 aliphatic carbocycles. The molecule has 3 heteroatoms. The van der Waals surface area contributed by atoms with E-state index in [1.54, 1.807) is 0 Å². The maximum Gasteiger partial charge on any atom is 0.307 e. The Bertz CT molecular complexity index is 180. The Morgan fingerprint density at radius 1 is 1.50 bits per heavy atom. The van der Waals surface area contributed by atoms with E-state index in [1.165, 1.54) is 0 Å². The topological polar surface area (TPSA) is 38.3 Å². The van der Waals surface area contributed by atoms with Crippen LogP contribution in [0.1, 0.15) is 33.6 Å². The molecule has 0 rings (SSSR count). The van der Waals surface area contributed by atoms with Gasteiger partial charge in [0.2, 0.25) is 0 Å². The summed E-state index contributed by atoms with van der Waals surface area (Å²) in [5.74, 6) is -0.140. The summed E-state index contributed by atoms with van der Waals surface area (Å²) >= 11 is 0. The van der Waals surface area contributed by atoms with Crippen molar-refractivity contribution in [1.29, 1.82) is 0 Å². The minimum Gasteiger partial charge on any atom is -0.466 e. The Kier molecular flexibility index (Phi) is 7.11. The van der Waals surface area contributed by atoms with Crippen LogP contribution in [-0.2, 0) is 9.53 Å². The van der Waals surface area contributed by atoms with E-state index in [0.29, 0.717) is 19.1 Å². The summed E-state index contributed by atoms with van der Waals surface area (Å²) < 4.78 is 4.85. The molecular weight excluding hydrogens is 178 g/mol. The lowest BCUT2D eigenvalue weighted by Gasteiger charge is -2.17. The van der Waals surface area contributed by atoms with E-state index in [4.69, 9.17) is 4.74 Å². The van der Waals surface area contributed by atoms with Crippen molar-refractivity contribution in [3.05, 3.63) is 12.7 Å². The van der Waals surface area contributed by atoms with E-state index < -0.39 is 0 Å². The molecule has 2 atom stereocenters. The van der Waals surface area contributed by atoms with E-state index in [2.05, 4.69) is 18.8 Å². The van der Waals surface area contributed by atoms with Gasteiger partial charge in [0, 0.05) is 12.1 Å². The van der Waals surface area contributed by atoms with Crippen LogP contribution in [0.25, 0.3) is 0 Å². The minimum atomic E-state index is -0.140. The third kappa shape index (κ3) is 6.66. The largest absolute Gasteiger partial charge is 0.466 e. The van der Waals surface area contributed by atoms with E-state index >= 15 is 0 Å². The molecule has 1 N–H and O–H groups in total. The summed E-state index contributed by atoms with van der Waals surface area (Å²) in [6, 6.07) is 0.515. The smallest absolute Gasteiger partial charge is 0.307 e. The highest BCUT2D eigenvalue weighted by molar-refractivity contribution is 5.69. The standard InChI is InChI=1S/C11H21NO2/c1-5-7-9(3)12-10(4)8-11(13)14-6-2/h5,9-10,12H,1,6-8H2,2-4H3. The highest BCUT2D eigenvalue weighted by Crippen LogP contribution is 1.98. The lowest BCUT2D eigenvalue weighted by atomic mass is 10.1. The second kappa shape index (κ2) is 7.56. The zero-order valence-corrected chi connectivity index (χ0v) is 9.38. The summed E-state index contributed by atoms with van der Waals surface area (Å²) in [6.45, 7) is 9.99. The maximum absolute atomic E-state index is 11.1. The SMILES string of the molecule is C=CCC(C)NC(C)CC(=O)OCC. The van der Waals surface area contributed by atoms with Crippen molar-refractivity contribution in [1.82, 2.24) is 5.32 Å². The van der Waals surface area contributed by atoms with Gasteiger partial charge in [0.15, 0.2) is 0 Å². The zero-order valence-electron chi connectivity index (χ0n) is 9.38. The minimum absolute atomic E-state index is 0.140. The van der Waals surface area contributed by atoms with Crippen LogP contribution in [0, 0.1) is 0 Å². The van der Waals surface area contributed by atoms with Gasteiger partial charge < -0.3 is 10.1 Å². The Hall–Kier alpha value is -0.830. The van der Waals surface area contributed by atoms with Crippen molar-refractivity contribution in [2.24, 2.45) is 0 Å². The van der Waals surface area contributed by atoms with E-state index in [9.17, 15) is 4.79 Å². The second-order valence-electron chi connectivity index (χ2n) is 3.50. The molecule has 0 spiro atoms. The van der Waals surface area contributed by atoms with Crippen molar-refractivity contribution in [2.75, 3.05) is 6.61 Å². The summed E-state index contributed by atoms with van der Waals surface area (Å²) in [5.41, 5.74) is 0. The quantitative estimate of drug-likeness (QED) is 0.502. The number of rotatable bonds is 7. The molecular formula is C11H21NO2. The van der Waals surface area contributed by atoms with Crippen LogP contribution in [0.2, 0.25) is 0 Å². The summed E-state index contributed by atoms with van der Waals surface area (Å²) in [4.78, 5) is 11.1. The first-order valence-corrected chi connectivity index (χ1v) is 5.12. The molecule has 0 saturated heterocycles. The van der Waals surface area contributed by atoms with Gasteiger partial charge in [0.05, 0.1) is 13.0 Å². The molecule has 0 amide bonds. The van der Waals surface area contributed by atoms with Crippen LogP contribution >= 0.6 is 0 Å². The monoisotopic (exact) mass is 199 g/mol. The molecule has 0 radical (unpaired) electrons. The molecule has 0 saturated carbocycles. The average Bonchev–Trinajstić information content (AvgIpc) is 2.03. The van der Waals surface area contributed by atoms with Gasteiger partial charge in [-0.25, -0.2) is 0 Å². The molecule has 2 unspecified atom stereocenters. The molecule has 14 heavy (non-hydrogen) atoms. The van der Waals surface area contributed by atoms with Crippen LogP contribution in [0.5, 0.6) is 0 Å². The van der Waals surface area contributed by atoms with E-state index in [1.807, 2.05) is 19.9 Å². The average molecular weight is 199 g/mol. The fourth-order valence-electron chi connectivity index (χ4n) is 1.33. The molecule has 3 nitrogen and oxygen atoms in total. The molecule has 0 aliphatic rings. The first kappa shape index (κ1) is 13.2. The van der Waals surface area contributed by atoms with Crippen molar-refractivity contribution in [2.45, 2.75) is 45.7 Å². The van der Waals surface area contributed by atoms with Crippen LogP contribution in [0.3, 0.4) is 0 Å². The van der Waals surface area contributed by atoms with Crippen LogP contribution in [-0.4, -0.2) is 24.7 Å². The van der Waals surface area contributed by atoms with Crippen molar-refractivity contribution in [3.63, 3.8) is 0 Å². The lowest BCUT2D eigenvalue weighted by Crippen LogP contribution is -2.35. The van der Waals surface area contributed by atoms with Gasteiger partial charge in [0.25, 0.3) is 0 Å². The van der Waals surface area contributed by atoms with Gasteiger partial charge >= 0.3 is 5.97 Å². The molecule has 82 valence electrons. The third-order valence-electron chi connectivity index (χ3n) is 1.87. The highest BCUT2D eigenvalue weighted by Gasteiger charge is 2.11. The zero-order chi connectivity index (χ0) is 11.0. The van der Waals surface area contributed by atoms with Gasteiger partial charge in [-0.05, 0) is 27.2 Å². The highest BCUT2D eigenvalue weighted by atomic mass is 16.5. The van der Waals surface area contributed by atoms with Crippen LogP contribution in [0.4, 0.5) is 0 Å². The summed E-state index contributed by atoms with van der Waals surface area (Å²) in [5, 5.41) is 3.30. The number of hydrogen-bond acceptors (Lipinski definition) is 3. The Morgan fingerprint density at radius 3 is 2.64 bits per heavy atom. The van der Waals surface area contributed by atoms with Crippen molar-refractivity contribution >= 4 is 5.97 Å². The van der Waals surface area contributed by atoms with Gasteiger partial charge in [-0.2, -0.15) is 0 Å². The number of carbonyl (C=O) groups is 1. The molecule has 0 fully saturated rings. The lowest BCUT2D eigenvalue weighted by molar-refractivity contribution is -0.143. The van der Waals surface area contributed by atoms with Gasteiger partial charge in [-0.1, -0.05) is 6.08 Å².